The van der Waals surface area contributed by atoms with Crippen molar-refractivity contribution in [3.05, 3.63) is 35.9 Å². The largest absolute Gasteiger partial charge is 0.379 e. The van der Waals surface area contributed by atoms with Crippen LogP contribution >= 0.6 is 0 Å². The number of morpholine rings is 1. The molecule has 7 nitrogen and oxygen atoms in total. The van der Waals surface area contributed by atoms with E-state index in [9.17, 15) is 4.79 Å². The number of nitrogens with one attached hydrogen (secondary N) is 3. The fourth-order valence-corrected chi connectivity index (χ4v) is 3.54. The van der Waals surface area contributed by atoms with Crippen molar-refractivity contribution in [2.45, 2.75) is 46.2 Å². The lowest BCUT2D eigenvalue weighted by molar-refractivity contribution is -0.121. The van der Waals surface area contributed by atoms with E-state index in [1.807, 2.05) is 30.3 Å². The zero-order valence-electron chi connectivity index (χ0n) is 18.8. The van der Waals surface area contributed by atoms with Gasteiger partial charge in [0.25, 0.3) is 0 Å². The monoisotopic (exact) mass is 417 g/mol. The number of hydrogen-bond acceptors (Lipinski definition) is 4. The first-order valence-corrected chi connectivity index (χ1v) is 11.2. The van der Waals surface area contributed by atoms with Crippen LogP contribution in [0.4, 0.5) is 0 Å². The Labute approximate surface area is 181 Å². The number of nitrogens with zero attached hydrogens (tertiary/aromatic N) is 2. The van der Waals surface area contributed by atoms with Crippen molar-refractivity contribution in [2.75, 3.05) is 45.9 Å². The van der Waals surface area contributed by atoms with Gasteiger partial charge in [0.1, 0.15) is 0 Å². The summed E-state index contributed by atoms with van der Waals surface area (Å²) in [4.78, 5) is 19.4. The van der Waals surface area contributed by atoms with E-state index in [1.54, 1.807) is 0 Å². The number of aliphatic imine (C=N–C) groups is 1. The summed E-state index contributed by atoms with van der Waals surface area (Å²) in [6.45, 7) is 12.8. The summed E-state index contributed by atoms with van der Waals surface area (Å²) in [5, 5.41) is 9.55. The van der Waals surface area contributed by atoms with Crippen molar-refractivity contribution in [2.24, 2.45) is 10.9 Å². The third-order valence-electron chi connectivity index (χ3n) is 5.09. The van der Waals surface area contributed by atoms with Crippen LogP contribution in [0.25, 0.3) is 0 Å². The van der Waals surface area contributed by atoms with Gasteiger partial charge in [-0.2, -0.15) is 0 Å². The number of ether oxygens (including phenoxy) is 1. The maximum atomic E-state index is 12.1. The molecule has 1 aromatic carbocycles. The molecule has 1 aliphatic heterocycles. The lowest BCUT2D eigenvalue weighted by Gasteiger charge is -2.34. The summed E-state index contributed by atoms with van der Waals surface area (Å²) in [6.07, 6.45) is 1.53. The van der Waals surface area contributed by atoms with E-state index in [0.717, 1.165) is 57.3 Å². The maximum Gasteiger partial charge on any atom is 0.222 e. The van der Waals surface area contributed by atoms with Crippen LogP contribution in [0.2, 0.25) is 0 Å². The Kier molecular flexibility index (Phi) is 11.3. The molecule has 0 aromatic heterocycles. The molecule has 1 aliphatic rings. The second-order valence-corrected chi connectivity index (χ2v) is 8.09. The second kappa shape index (κ2) is 14.0. The Balaban J connectivity index is 1.79. The minimum Gasteiger partial charge on any atom is -0.379 e. The normalized spacial score (nSPS) is 16.3. The molecule has 0 saturated carbocycles. The molecule has 2 rings (SSSR count). The molecular formula is C23H39N5O2. The quantitative estimate of drug-likeness (QED) is 0.379. The molecule has 1 aromatic rings. The molecule has 1 heterocycles. The zero-order valence-corrected chi connectivity index (χ0v) is 18.8. The predicted molar refractivity (Wildman–Crippen MR) is 123 cm³/mol. The fourth-order valence-electron chi connectivity index (χ4n) is 3.54. The molecule has 0 radical (unpaired) electrons. The van der Waals surface area contributed by atoms with Crippen molar-refractivity contribution in [3.8, 4) is 0 Å². The van der Waals surface area contributed by atoms with Crippen molar-refractivity contribution in [3.63, 3.8) is 0 Å². The van der Waals surface area contributed by atoms with Crippen LogP contribution in [0.15, 0.2) is 35.3 Å². The van der Waals surface area contributed by atoms with E-state index in [2.05, 4.69) is 41.6 Å². The van der Waals surface area contributed by atoms with Crippen LogP contribution in [-0.4, -0.2) is 68.7 Å². The van der Waals surface area contributed by atoms with Crippen molar-refractivity contribution in [1.29, 1.82) is 0 Å². The van der Waals surface area contributed by atoms with E-state index >= 15 is 0 Å². The third-order valence-corrected chi connectivity index (χ3v) is 5.09. The first-order chi connectivity index (χ1) is 14.6. The van der Waals surface area contributed by atoms with E-state index in [1.165, 1.54) is 0 Å². The number of rotatable bonds is 11. The van der Waals surface area contributed by atoms with Crippen molar-refractivity contribution >= 4 is 11.9 Å². The highest BCUT2D eigenvalue weighted by Crippen LogP contribution is 2.14. The molecular weight excluding hydrogens is 378 g/mol. The SMILES string of the molecule is CCNC(=NCC(CC(C)C)N1CCOCC1)NCCC(=O)NCc1ccccc1. The van der Waals surface area contributed by atoms with Crippen LogP contribution < -0.4 is 16.0 Å². The number of carbonyl (C=O) groups excluding carboxylic acids is 1. The van der Waals surface area contributed by atoms with Gasteiger partial charge in [0, 0.05) is 45.2 Å². The molecule has 0 bridgehead atoms. The van der Waals surface area contributed by atoms with E-state index in [-0.39, 0.29) is 5.91 Å². The highest BCUT2D eigenvalue weighted by atomic mass is 16.5. The Morgan fingerprint density at radius 2 is 1.87 bits per heavy atom. The van der Waals surface area contributed by atoms with Gasteiger partial charge in [-0.3, -0.25) is 14.7 Å². The first-order valence-electron chi connectivity index (χ1n) is 11.2. The number of carbonyl (C=O) groups is 1. The Hall–Kier alpha value is -2.12. The van der Waals surface area contributed by atoms with E-state index in [0.29, 0.717) is 31.5 Å². The lowest BCUT2D eigenvalue weighted by Crippen LogP contribution is -2.46. The smallest absolute Gasteiger partial charge is 0.222 e. The standard InChI is InChI=1S/C23H39N5O2/c1-4-24-23(25-11-10-22(29)26-17-20-8-6-5-7-9-20)27-18-21(16-19(2)3)28-12-14-30-15-13-28/h5-9,19,21H,4,10-18H2,1-3H3,(H,26,29)(H2,24,25,27). The second-order valence-electron chi connectivity index (χ2n) is 8.09. The molecule has 1 fully saturated rings. The minimum absolute atomic E-state index is 0.0354. The first kappa shape index (κ1) is 24.2. The van der Waals surface area contributed by atoms with E-state index in [4.69, 9.17) is 9.73 Å². The average Bonchev–Trinajstić information content (AvgIpc) is 2.76. The number of hydrogen-bond donors (Lipinski definition) is 3. The molecule has 1 saturated heterocycles. The highest BCUT2D eigenvalue weighted by molar-refractivity contribution is 5.81. The lowest BCUT2D eigenvalue weighted by atomic mass is 10.0. The highest BCUT2D eigenvalue weighted by Gasteiger charge is 2.21. The van der Waals surface area contributed by atoms with Crippen LogP contribution in [0.3, 0.4) is 0 Å². The molecule has 1 amide bonds. The third kappa shape index (κ3) is 9.59. The van der Waals surface area contributed by atoms with Gasteiger partial charge < -0.3 is 20.7 Å². The summed E-state index contributed by atoms with van der Waals surface area (Å²) >= 11 is 0. The zero-order chi connectivity index (χ0) is 21.6. The van der Waals surface area contributed by atoms with Crippen LogP contribution in [0.5, 0.6) is 0 Å². The fraction of sp³-hybridized carbons (Fsp3) is 0.652. The predicted octanol–water partition coefficient (Wildman–Crippen LogP) is 1.99. The van der Waals surface area contributed by atoms with Gasteiger partial charge in [0.05, 0.1) is 19.8 Å². The van der Waals surface area contributed by atoms with Gasteiger partial charge in [-0.25, -0.2) is 0 Å². The summed E-state index contributed by atoms with van der Waals surface area (Å²) in [7, 11) is 0. The molecule has 7 heteroatoms. The summed E-state index contributed by atoms with van der Waals surface area (Å²) in [6, 6.07) is 10.4. The Morgan fingerprint density at radius 1 is 1.13 bits per heavy atom. The topological polar surface area (TPSA) is 78.0 Å². The van der Waals surface area contributed by atoms with Gasteiger partial charge >= 0.3 is 0 Å². The van der Waals surface area contributed by atoms with Crippen molar-refractivity contribution in [1.82, 2.24) is 20.9 Å². The van der Waals surface area contributed by atoms with Gasteiger partial charge in [0.15, 0.2) is 5.96 Å². The van der Waals surface area contributed by atoms with Gasteiger partial charge in [-0.05, 0) is 24.8 Å². The number of guanidine groups is 1. The molecule has 1 atom stereocenters. The summed E-state index contributed by atoms with van der Waals surface area (Å²) in [5.74, 6) is 1.43. The molecule has 0 aliphatic carbocycles. The average molecular weight is 418 g/mol. The summed E-state index contributed by atoms with van der Waals surface area (Å²) < 4.78 is 5.50. The molecule has 1 unspecified atom stereocenters. The maximum absolute atomic E-state index is 12.1. The molecule has 30 heavy (non-hydrogen) atoms. The minimum atomic E-state index is 0.0354. The van der Waals surface area contributed by atoms with E-state index < -0.39 is 0 Å². The number of amides is 1. The Bertz CT molecular complexity index is 630. The van der Waals surface area contributed by atoms with Gasteiger partial charge in [0.2, 0.25) is 5.91 Å². The van der Waals surface area contributed by atoms with Crippen molar-refractivity contribution < 1.29 is 9.53 Å². The molecule has 3 N–H and O–H groups in total. The molecule has 0 spiro atoms. The molecule has 168 valence electrons. The van der Waals surface area contributed by atoms with Crippen LogP contribution in [0.1, 0.15) is 39.2 Å². The number of benzene rings is 1. The summed E-state index contributed by atoms with van der Waals surface area (Å²) in [5.41, 5.74) is 1.10. The van der Waals surface area contributed by atoms with Crippen LogP contribution in [0, 0.1) is 5.92 Å². The van der Waals surface area contributed by atoms with Gasteiger partial charge in [-0.1, -0.05) is 44.2 Å². The van der Waals surface area contributed by atoms with Crippen LogP contribution in [-0.2, 0) is 16.1 Å². The van der Waals surface area contributed by atoms with Gasteiger partial charge in [-0.15, -0.1) is 0 Å². The Morgan fingerprint density at radius 3 is 2.53 bits per heavy atom.